The molecule has 1 aliphatic heterocycles. The van der Waals surface area contributed by atoms with Crippen LogP contribution >= 0.6 is 0 Å². The van der Waals surface area contributed by atoms with E-state index in [0.717, 1.165) is 32.0 Å². The Morgan fingerprint density at radius 3 is 2.74 bits per heavy atom. The number of carbonyl (C=O) groups excluding carboxylic acids is 1. The summed E-state index contributed by atoms with van der Waals surface area (Å²) in [5.41, 5.74) is 0.689. The second kappa shape index (κ2) is 7.62. The summed E-state index contributed by atoms with van der Waals surface area (Å²) in [7, 11) is 0. The average molecular weight is 370 g/mol. The molecule has 0 spiro atoms. The lowest BCUT2D eigenvalue weighted by molar-refractivity contribution is 0.0943. The summed E-state index contributed by atoms with van der Waals surface area (Å²) >= 11 is 0. The number of rotatable bonds is 5. The molecule has 1 aliphatic rings. The Morgan fingerprint density at radius 2 is 1.93 bits per heavy atom. The number of piperazine rings is 1. The molecule has 1 amide bonds. The molecule has 0 atom stereocenters. The highest BCUT2D eigenvalue weighted by atomic mass is 19.1. The van der Waals surface area contributed by atoms with Crippen LogP contribution in [0.2, 0.25) is 0 Å². The number of hydrogen-bond acceptors (Lipinski definition) is 7. The molecule has 0 saturated carbocycles. The van der Waals surface area contributed by atoms with Crippen LogP contribution in [-0.2, 0) is 0 Å². The first kappa shape index (κ1) is 17.3. The molecule has 0 unspecified atom stereocenters. The van der Waals surface area contributed by atoms with Crippen LogP contribution in [0.4, 0.5) is 10.2 Å². The molecule has 0 radical (unpaired) electrons. The lowest BCUT2D eigenvalue weighted by atomic mass is 10.2. The van der Waals surface area contributed by atoms with Gasteiger partial charge in [0.1, 0.15) is 5.82 Å². The SMILES string of the molecule is O=C(NCCN1CCN(c2ccc3nnnn3n2)CC1)c1ccccc1F. The summed E-state index contributed by atoms with van der Waals surface area (Å²) in [4.78, 5) is 16.5. The van der Waals surface area contributed by atoms with Gasteiger partial charge in [0.15, 0.2) is 11.5 Å². The van der Waals surface area contributed by atoms with Crippen LogP contribution in [0.5, 0.6) is 0 Å². The highest BCUT2D eigenvalue weighted by Gasteiger charge is 2.19. The maximum absolute atomic E-state index is 13.6. The lowest BCUT2D eigenvalue weighted by Crippen LogP contribution is -2.48. The van der Waals surface area contributed by atoms with E-state index in [2.05, 4.69) is 35.7 Å². The first-order valence-corrected chi connectivity index (χ1v) is 8.76. The molecular formula is C17H19FN8O. The maximum atomic E-state index is 13.6. The molecule has 0 bridgehead atoms. The molecule has 1 saturated heterocycles. The predicted octanol–water partition coefficient (Wildman–Crippen LogP) is 0.210. The molecular weight excluding hydrogens is 351 g/mol. The summed E-state index contributed by atoms with van der Waals surface area (Å²) in [5.74, 6) is -0.0522. The number of benzene rings is 1. The number of tetrazole rings is 1. The third-order valence-corrected chi connectivity index (χ3v) is 4.58. The van der Waals surface area contributed by atoms with E-state index in [4.69, 9.17) is 0 Å². The first-order chi connectivity index (χ1) is 13.2. The van der Waals surface area contributed by atoms with Crippen LogP contribution in [0.1, 0.15) is 10.4 Å². The van der Waals surface area contributed by atoms with Crippen molar-refractivity contribution in [2.45, 2.75) is 0 Å². The van der Waals surface area contributed by atoms with Crippen molar-refractivity contribution in [1.29, 1.82) is 0 Å². The van der Waals surface area contributed by atoms with E-state index in [1.807, 2.05) is 12.1 Å². The Bertz CT molecular complexity index is 937. The first-order valence-electron chi connectivity index (χ1n) is 8.76. The van der Waals surface area contributed by atoms with Gasteiger partial charge in [-0.2, -0.15) is 0 Å². The molecule has 3 aromatic rings. The van der Waals surface area contributed by atoms with E-state index in [0.29, 0.717) is 18.7 Å². The van der Waals surface area contributed by atoms with Crippen LogP contribution in [-0.4, -0.2) is 75.3 Å². The van der Waals surface area contributed by atoms with Crippen molar-refractivity contribution in [2.24, 2.45) is 0 Å². The van der Waals surface area contributed by atoms with E-state index >= 15 is 0 Å². The number of hydrogen-bond donors (Lipinski definition) is 1. The Balaban J connectivity index is 1.25. The molecule has 1 fully saturated rings. The Labute approximate surface area is 154 Å². The smallest absolute Gasteiger partial charge is 0.254 e. The van der Waals surface area contributed by atoms with Crippen molar-refractivity contribution in [3.63, 3.8) is 0 Å². The maximum Gasteiger partial charge on any atom is 0.254 e. The summed E-state index contributed by atoms with van der Waals surface area (Å²) in [6.45, 7) is 4.54. The second-order valence-electron chi connectivity index (χ2n) is 6.28. The average Bonchev–Trinajstić information content (AvgIpc) is 3.16. The second-order valence-corrected chi connectivity index (χ2v) is 6.28. The zero-order valence-electron chi connectivity index (χ0n) is 14.6. The predicted molar refractivity (Wildman–Crippen MR) is 96.0 cm³/mol. The topological polar surface area (TPSA) is 91.5 Å². The quantitative estimate of drug-likeness (QED) is 0.686. The van der Waals surface area contributed by atoms with Gasteiger partial charge in [0.25, 0.3) is 5.91 Å². The molecule has 1 aromatic carbocycles. The number of aromatic nitrogens is 5. The van der Waals surface area contributed by atoms with Gasteiger partial charge in [-0.3, -0.25) is 9.69 Å². The monoisotopic (exact) mass is 370 g/mol. The third kappa shape index (κ3) is 3.85. The molecule has 10 heteroatoms. The molecule has 2 aromatic heterocycles. The van der Waals surface area contributed by atoms with Gasteiger partial charge in [0, 0.05) is 39.3 Å². The number of nitrogens with zero attached hydrogens (tertiary/aromatic N) is 7. The summed E-state index contributed by atoms with van der Waals surface area (Å²) in [5, 5.41) is 18.4. The summed E-state index contributed by atoms with van der Waals surface area (Å²) < 4.78 is 15.0. The zero-order chi connectivity index (χ0) is 18.6. The van der Waals surface area contributed by atoms with E-state index in [9.17, 15) is 9.18 Å². The Hall–Kier alpha value is -3.14. The normalized spacial score (nSPS) is 15.2. The van der Waals surface area contributed by atoms with Gasteiger partial charge in [-0.25, -0.2) is 4.39 Å². The van der Waals surface area contributed by atoms with Gasteiger partial charge in [-0.1, -0.05) is 12.1 Å². The number of halogens is 1. The highest BCUT2D eigenvalue weighted by molar-refractivity contribution is 5.94. The van der Waals surface area contributed by atoms with Crippen LogP contribution in [0.3, 0.4) is 0 Å². The Kier molecular flexibility index (Phi) is 4.88. The Morgan fingerprint density at radius 1 is 1.11 bits per heavy atom. The fourth-order valence-corrected chi connectivity index (χ4v) is 3.08. The van der Waals surface area contributed by atoms with Crippen molar-refractivity contribution in [3.8, 4) is 0 Å². The van der Waals surface area contributed by atoms with Crippen LogP contribution in [0.15, 0.2) is 36.4 Å². The van der Waals surface area contributed by atoms with Crippen molar-refractivity contribution >= 4 is 17.4 Å². The van der Waals surface area contributed by atoms with Crippen LogP contribution in [0, 0.1) is 5.82 Å². The molecule has 4 rings (SSSR count). The van der Waals surface area contributed by atoms with E-state index in [1.54, 1.807) is 12.1 Å². The summed E-state index contributed by atoms with van der Waals surface area (Å²) in [6.07, 6.45) is 0. The van der Waals surface area contributed by atoms with Gasteiger partial charge in [0.05, 0.1) is 5.56 Å². The number of amides is 1. The third-order valence-electron chi connectivity index (χ3n) is 4.58. The summed E-state index contributed by atoms with van der Waals surface area (Å²) in [6, 6.07) is 9.74. The van der Waals surface area contributed by atoms with Crippen LogP contribution < -0.4 is 10.2 Å². The minimum Gasteiger partial charge on any atom is -0.353 e. The van der Waals surface area contributed by atoms with Gasteiger partial charge in [-0.05, 0) is 34.7 Å². The van der Waals surface area contributed by atoms with E-state index in [1.165, 1.54) is 16.8 Å². The fraction of sp³-hybridized carbons (Fsp3) is 0.353. The van der Waals surface area contributed by atoms with Crippen molar-refractivity contribution < 1.29 is 9.18 Å². The number of fused-ring (bicyclic) bond motifs is 1. The van der Waals surface area contributed by atoms with Gasteiger partial charge >= 0.3 is 0 Å². The minimum absolute atomic E-state index is 0.0754. The number of nitrogens with one attached hydrogen (secondary N) is 1. The van der Waals surface area contributed by atoms with Gasteiger partial charge in [-0.15, -0.1) is 14.8 Å². The van der Waals surface area contributed by atoms with Gasteiger partial charge < -0.3 is 10.2 Å². The molecule has 27 heavy (non-hydrogen) atoms. The molecule has 140 valence electrons. The standard InChI is InChI=1S/C17H19FN8O/c18-14-4-2-1-3-13(14)17(27)19-7-8-24-9-11-25(12-10-24)16-6-5-15-20-22-23-26(15)21-16/h1-6H,7-12H2,(H,19,27). The van der Waals surface area contributed by atoms with Crippen LogP contribution in [0.25, 0.3) is 5.65 Å². The largest absolute Gasteiger partial charge is 0.353 e. The van der Waals surface area contributed by atoms with E-state index < -0.39 is 5.82 Å². The zero-order valence-corrected chi connectivity index (χ0v) is 14.6. The minimum atomic E-state index is -0.504. The lowest BCUT2D eigenvalue weighted by Gasteiger charge is -2.35. The van der Waals surface area contributed by atoms with Crippen molar-refractivity contribution in [3.05, 3.63) is 47.8 Å². The van der Waals surface area contributed by atoms with Gasteiger partial charge in [0.2, 0.25) is 0 Å². The molecule has 9 nitrogen and oxygen atoms in total. The molecule has 1 N–H and O–H groups in total. The van der Waals surface area contributed by atoms with Crippen molar-refractivity contribution in [2.75, 3.05) is 44.2 Å². The van der Waals surface area contributed by atoms with E-state index in [-0.39, 0.29) is 11.5 Å². The van der Waals surface area contributed by atoms with Crippen molar-refractivity contribution in [1.82, 2.24) is 35.5 Å². The molecule has 3 heterocycles. The number of anilines is 1. The fourth-order valence-electron chi connectivity index (χ4n) is 3.08. The highest BCUT2D eigenvalue weighted by Crippen LogP contribution is 2.13. The molecule has 0 aliphatic carbocycles. The number of carbonyl (C=O) groups is 1.